The van der Waals surface area contributed by atoms with Crippen molar-refractivity contribution in [2.24, 2.45) is 5.92 Å². The van der Waals surface area contributed by atoms with Crippen LogP contribution in [0.15, 0.2) is 84.9 Å². The SMILES string of the molecule is Cc1cc2c3c(c1)N(c1ccccc1)c1ccccc1B3c1ccc(C34CCC(CC3)CC4)cc1O2. The fraction of sp³-hybridized carbons (Fsp3) is 0.273. The Morgan fingerprint density at radius 3 is 2.31 bits per heavy atom. The van der Waals surface area contributed by atoms with Crippen LogP contribution in [0.4, 0.5) is 17.1 Å². The quantitative estimate of drug-likeness (QED) is 0.265. The largest absolute Gasteiger partial charge is 0.458 e. The minimum absolute atomic E-state index is 0.184. The summed E-state index contributed by atoms with van der Waals surface area (Å²) in [7, 11) is 0. The van der Waals surface area contributed by atoms with Crippen molar-refractivity contribution >= 4 is 40.2 Å². The first-order valence-electron chi connectivity index (χ1n) is 13.6. The number of anilines is 3. The summed E-state index contributed by atoms with van der Waals surface area (Å²) in [6.07, 6.45) is 8.22. The zero-order chi connectivity index (χ0) is 23.9. The molecule has 9 rings (SSSR count). The van der Waals surface area contributed by atoms with Crippen molar-refractivity contribution in [1.82, 2.24) is 0 Å². The molecule has 3 heteroatoms. The fourth-order valence-corrected chi connectivity index (χ4v) is 7.70. The summed E-state index contributed by atoms with van der Waals surface area (Å²) in [4.78, 5) is 2.42. The van der Waals surface area contributed by atoms with Gasteiger partial charge in [-0.05, 0) is 121 Å². The monoisotopic (exact) mass is 467 g/mol. The number of hydrogen-bond acceptors (Lipinski definition) is 2. The highest BCUT2D eigenvalue weighted by molar-refractivity contribution is 6.99. The van der Waals surface area contributed by atoms with Crippen LogP contribution < -0.4 is 26.0 Å². The van der Waals surface area contributed by atoms with Crippen LogP contribution in [0.25, 0.3) is 0 Å². The molecule has 0 atom stereocenters. The van der Waals surface area contributed by atoms with Gasteiger partial charge in [-0.2, -0.15) is 0 Å². The predicted octanol–water partition coefficient (Wildman–Crippen LogP) is 6.62. The smallest absolute Gasteiger partial charge is 0.256 e. The van der Waals surface area contributed by atoms with Gasteiger partial charge in [-0.3, -0.25) is 0 Å². The molecule has 3 saturated carbocycles. The number of hydrogen-bond donors (Lipinski definition) is 0. The van der Waals surface area contributed by atoms with Gasteiger partial charge in [0.25, 0.3) is 6.71 Å². The number of nitrogens with zero attached hydrogens (tertiary/aromatic N) is 1. The summed E-state index contributed by atoms with van der Waals surface area (Å²) in [6.45, 7) is 2.37. The highest BCUT2D eigenvalue weighted by Gasteiger charge is 2.44. The lowest BCUT2D eigenvalue weighted by molar-refractivity contribution is 0.136. The zero-order valence-electron chi connectivity index (χ0n) is 20.8. The van der Waals surface area contributed by atoms with E-state index in [0.717, 1.165) is 17.4 Å². The van der Waals surface area contributed by atoms with Crippen LogP contribution >= 0.6 is 0 Å². The molecule has 3 aliphatic carbocycles. The van der Waals surface area contributed by atoms with Crippen molar-refractivity contribution in [1.29, 1.82) is 0 Å². The van der Waals surface area contributed by atoms with Crippen LogP contribution in [-0.2, 0) is 5.41 Å². The lowest BCUT2D eigenvalue weighted by atomic mass is 9.34. The Labute approximate surface area is 214 Å². The minimum Gasteiger partial charge on any atom is -0.458 e. The number of para-hydroxylation sites is 2. The molecule has 4 aromatic rings. The van der Waals surface area contributed by atoms with E-state index in [1.807, 2.05) is 0 Å². The third-order valence-corrected chi connectivity index (χ3v) is 9.55. The van der Waals surface area contributed by atoms with E-state index in [2.05, 4.69) is 96.8 Å². The second-order valence-corrected chi connectivity index (χ2v) is 11.5. The van der Waals surface area contributed by atoms with E-state index in [1.165, 1.54) is 83.1 Å². The van der Waals surface area contributed by atoms with Gasteiger partial charge in [-0.15, -0.1) is 0 Å². The van der Waals surface area contributed by atoms with Crippen LogP contribution in [0.1, 0.15) is 49.7 Å². The predicted molar refractivity (Wildman–Crippen MR) is 150 cm³/mol. The van der Waals surface area contributed by atoms with E-state index >= 15 is 0 Å². The van der Waals surface area contributed by atoms with Gasteiger partial charge < -0.3 is 9.64 Å². The van der Waals surface area contributed by atoms with Crippen LogP contribution in [0.2, 0.25) is 0 Å². The standard InChI is InChI=1S/C33H30BNO/c1-22-19-29-32-31(20-22)36-30-21-24(33-16-13-23(14-17-33)15-18-33)11-12-27(30)34(32)26-9-5-6-10-28(26)35(29)25-7-3-2-4-8-25/h2-12,19-21,23H,13-18H2,1H3. The first-order chi connectivity index (χ1) is 17.7. The Balaban J connectivity index is 1.33. The molecule has 0 saturated heterocycles. The van der Waals surface area contributed by atoms with Gasteiger partial charge in [0.15, 0.2) is 0 Å². The molecule has 0 radical (unpaired) electrons. The van der Waals surface area contributed by atoms with Crippen molar-refractivity contribution < 1.29 is 4.74 Å². The molecule has 0 aromatic heterocycles. The lowest BCUT2D eigenvalue weighted by Gasteiger charge is -2.47. The average Bonchev–Trinajstić information content (AvgIpc) is 2.94. The van der Waals surface area contributed by atoms with Gasteiger partial charge in [0.1, 0.15) is 11.5 Å². The van der Waals surface area contributed by atoms with Crippen LogP contribution in [-0.4, -0.2) is 6.71 Å². The Hall–Kier alpha value is -3.46. The molecule has 5 aliphatic rings. The van der Waals surface area contributed by atoms with Crippen molar-refractivity contribution in [2.45, 2.75) is 50.9 Å². The first kappa shape index (κ1) is 20.7. The van der Waals surface area contributed by atoms with Gasteiger partial charge in [0.05, 0.1) is 0 Å². The normalized spacial score (nSPS) is 23.0. The average molecular weight is 467 g/mol. The summed E-state index contributed by atoms with van der Waals surface area (Å²) < 4.78 is 6.81. The van der Waals surface area contributed by atoms with Gasteiger partial charge in [-0.1, -0.05) is 48.5 Å². The molecule has 0 amide bonds. The maximum absolute atomic E-state index is 6.81. The number of benzene rings is 4. The molecule has 2 aliphatic heterocycles. The molecule has 0 spiro atoms. The summed E-state index contributed by atoms with van der Waals surface area (Å²) in [6, 6.07) is 31.5. The number of fused-ring (bicyclic) bond motifs is 7. The van der Waals surface area contributed by atoms with E-state index in [4.69, 9.17) is 4.74 Å². The molecule has 2 nitrogen and oxygen atoms in total. The first-order valence-corrected chi connectivity index (χ1v) is 13.6. The minimum atomic E-state index is 0.184. The Bertz CT molecular complexity index is 1490. The summed E-state index contributed by atoms with van der Waals surface area (Å²) in [5.74, 6) is 3.05. The Morgan fingerprint density at radius 1 is 0.750 bits per heavy atom. The molecular weight excluding hydrogens is 437 g/mol. The second-order valence-electron chi connectivity index (χ2n) is 11.5. The van der Waals surface area contributed by atoms with E-state index in [1.54, 1.807) is 0 Å². The maximum atomic E-state index is 6.81. The summed E-state index contributed by atoms with van der Waals surface area (Å²) in [5.41, 5.74) is 10.7. The van der Waals surface area contributed by atoms with Crippen LogP contribution in [0.3, 0.4) is 0 Å². The van der Waals surface area contributed by atoms with Crippen LogP contribution in [0.5, 0.6) is 11.5 Å². The Kier molecular flexibility index (Phi) is 4.33. The molecule has 36 heavy (non-hydrogen) atoms. The number of aryl methyl sites for hydroxylation is 1. The third kappa shape index (κ3) is 2.86. The van der Waals surface area contributed by atoms with Crippen molar-refractivity contribution in [3.05, 3.63) is 96.1 Å². The maximum Gasteiger partial charge on any atom is 0.256 e. The van der Waals surface area contributed by atoms with E-state index in [9.17, 15) is 0 Å². The number of rotatable bonds is 2. The van der Waals surface area contributed by atoms with Crippen molar-refractivity contribution in [2.75, 3.05) is 4.90 Å². The van der Waals surface area contributed by atoms with Crippen molar-refractivity contribution in [3.8, 4) is 11.5 Å². The van der Waals surface area contributed by atoms with E-state index in [-0.39, 0.29) is 6.71 Å². The molecular formula is C33H30BNO. The van der Waals surface area contributed by atoms with E-state index in [0.29, 0.717) is 5.41 Å². The summed E-state index contributed by atoms with van der Waals surface area (Å²) in [5, 5.41) is 0. The highest BCUT2D eigenvalue weighted by Crippen LogP contribution is 2.52. The molecule has 3 fully saturated rings. The molecule has 0 unspecified atom stereocenters. The van der Waals surface area contributed by atoms with Gasteiger partial charge in [-0.25, -0.2) is 0 Å². The lowest BCUT2D eigenvalue weighted by Crippen LogP contribution is -2.59. The van der Waals surface area contributed by atoms with Gasteiger partial charge in [0, 0.05) is 17.1 Å². The summed E-state index contributed by atoms with van der Waals surface area (Å²) >= 11 is 0. The molecule has 2 heterocycles. The van der Waals surface area contributed by atoms with Crippen molar-refractivity contribution in [3.63, 3.8) is 0 Å². The third-order valence-electron chi connectivity index (χ3n) is 9.55. The Morgan fingerprint density at radius 2 is 1.50 bits per heavy atom. The molecule has 0 N–H and O–H groups in total. The number of ether oxygens (including phenoxy) is 1. The van der Waals surface area contributed by atoms with Gasteiger partial charge >= 0.3 is 0 Å². The molecule has 176 valence electrons. The molecule has 4 aromatic carbocycles. The van der Waals surface area contributed by atoms with E-state index < -0.39 is 0 Å². The molecule has 2 bridgehead atoms. The fourth-order valence-electron chi connectivity index (χ4n) is 7.70. The van der Waals surface area contributed by atoms with Crippen LogP contribution in [0, 0.1) is 12.8 Å². The topological polar surface area (TPSA) is 12.5 Å². The zero-order valence-corrected chi connectivity index (χ0v) is 20.8. The highest BCUT2D eigenvalue weighted by atomic mass is 16.5. The second kappa shape index (κ2) is 7.52. The van der Waals surface area contributed by atoms with Gasteiger partial charge in [0.2, 0.25) is 0 Å².